The van der Waals surface area contributed by atoms with Crippen LogP contribution >= 0.6 is 0 Å². The van der Waals surface area contributed by atoms with Crippen LogP contribution in [0.1, 0.15) is 46.1 Å². The fraction of sp³-hybridized carbons (Fsp3) is 0.542. The molecule has 0 fully saturated rings. The average molecular weight is 496 g/mol. The molecule has 1 aromatic carbocycles. The maximum atomic E-state index is 13.7. The molecule has 1 unspecified atom stereocenters. The van der Waals surface area contributed by atoms with Crippen LogP contribution in [0, 0.1) is 29.1 Å². The third-order valence-electron chi connectivity index (χ3n) is 5.59. The molecule has 0 aliphatic heterocycles. The highest BCUT2D eigenvalue weighted by Crippen LogP contribution is 2.44. The van der Waals surface area contributed by atoms with Gasteiger partial charge in [0.1, 0.15) is 5.75 Å². The Morgan fingerprint density at radius 1 is 1.06 bits per heavy atom. The number of hydrazine groups is 1. The Kier molecular flexibility index (Phi) is 11.1. The molecule has 1 rings (SSSR count). The third-order valence-corrected chi connectivity index (χ3v) is 6.37. The standard InChI is InChI=1S/C24H37N3O6S/c1-16(2)13-19(22(29)26-25)21(23(30)27-31)24(14-17(3)4,20(28)15-34(5,32)33)12-11-18-9-7-6-8-10-18/h6-12,16-17,19,21,31H,13-15,25H2,1-5H3,(H,26,29)(H,27,30)/t19-,21-,24?/m1/s1. The van der Waals surface area contributed by atoms with E-state index in [1.807, 2.05) is 33.8 Å². The van der Waals surface area contributed by atoms with Crippen molar-refractivity contribution in [2.45, 2.75) is 40.5 Å². The number of amides is 2. The second-order valence-corrected chi connectivity index (χ2v) is 11.7. The van der Waals surface area contributed by atoms with E-state index >= 15 is 0 Å². The van der Waals surface area contributed by atoms with E-state index in [1.54, 1.807) is 35.8 Å². The first kappa shape index (κ1) is 29.5. The van der Waals surface area contributed by atoms with Gasteiger partial charge >= 0.3 is 0 Å². The number of benzene rings is 1. The average Bonchev–Trinajstić information content (AvgIpc) is 2.74. The van der Waals surface area contributed by atoms with Crippen LogP contribution in [-0.4, -0.2) is 43.2 Å². The van der Waals surface area contributed by atoms with E-state index in [2.05, 4.69) is 5.43 Å². The summed E-state index contributed by atoms with van der Waals surface area (Å²) >= 11 is 0. The Hall–Kier alpha value is -2.56. The second kappa shape index (κ2) is 12.8. The van der Waals surface area contributed by atoms with Crippen LogP contribution in [0.4, 0.5) is 0 Å². The van der Waals surface area contributed by atoms with Gasteiger partial charge in [-0.1, -0.05) is 70.2 Å². The van der Waals surface area contributed by atoms with Crippen molar-refractivity contribution in [2.24, 2.45) is 34.9 Å². The van der Waals surface area contributed by atoms with Gasteiger partial charge in [0.2, 0.25) is 11.8 Å². The highest BCUT2D eigenvalue weighted by Gasteiger charge is 2.53. The van der Waals surface area contributed by atoms with Crippen LogP contribution in [0.5, 0.6) is 0 Å². The SMILES string of the molecule is CC(C)C[C@@H](C(=O)NN)[C@H](C(=O)NO)C(C=Cc1ccccc1)(CC(C)C)C(=O)CS(C)(=O)=O. The molecular formula is C24H37N3O6S. The first-order valence-corrected chi connectivity index (χ1v) is 13.2. The topological polar surface area (TPSA) is 156 Å². The smallest absolute Gasteiger partial charge is 0.248 e. The number of carbonyl (C=O) groups is 3. The van der Waals surface area contributed by atoms with Crippen LogP contribution in [0.25, 0.3) is 6.08 Å². The van der Waals surface area contributed by atoms with Crippen molar-refractivity contribution < 1.29 is 28.0 Å². The van der Waals surface area contributed by atoms with Gasteiger partial charge in [-0.05, 0) is 30.2 Å². The predicted octanol–water partition coefficient (Wildman–Crippen LogP) is 2.12. The van der Waals surface area contributed by atoms with Gasteiger partial charge in [0.15, 0.2) is 15.6 Å². The summed E-state index contributed by atoms with van der Waals surface area (Å²) in [6.45, 7) is 7.33. The molecule has 0 saturated heterocycles. The van der Waals surface area contributed by atoms with Crippen molar-refractivity contribution in [3.05, 3.63) is 42.0 Å². The molecule has 190 valence electrons. The first-order chi connectivity index (χ1) is 15.8. The van der Waals surface area contributed by atoms with Crippen molar-refractivity contribution in [2.75, 3.05) is 12.0 Å². The van der Waals surface area contributed by atoms with E-state index in [0.717, 1.165) is 11.8 Å². The molecule has 10 heteroatoms. The zero-order valence-electron chi connectivity index (χ0n) is 20.4. The molecule has 3 atom stereocenters. The van der Waals surface area contributed by atoms with Gasteiger partial charge in [-0.3, -0.25) is 25.0 Å². The van der Waals surface area contributed by atoms with Gasteiger partial charge in [0, 0.05) is 6.26 Å². The number of Topliss-reactive ketones (excluding diaryl/α,β-unsaturated/α-hetero) is 1. The van der Waals surface area contributed by atoms with E-state index in [9.17, 15) is 28.0 Å². The molecule has 0 radical (unpaired) electrons. The van der Waals surface area contributed by atoms with Gasteiger partial charge in [-0.15, -0.1) is 0 Å². The van der Waals surface area contributed by atoms with Crippen LogP contribution < -0.4 is 16.7 Å². The van der Waals surface area contributed by atoms with Crippen LogP contribution in [0.15, 0.2) is 36.4 Å². The minimum Gasteiger partial charge on any atom is -0.298 e. The third kappa shape index (κ3) is 8.34. The lowest BCUT2D eigenvalue weighted by Gasteiger charge is -2.41. The summed E-state index contributed by atoms with van der Waals surface area (Å²) in [6, 6.07) is 8.99. The Morgan fingerprint density at radius 3 is 2.09 bits per heavy atom. The Morgan fingerprint density at radius 2 is 1.65 bits per heavy atom. The van der Waals surface area contributed by atoms with E-state index in [4.69, 9.17) is 5.84 Å². The van der Waals surface area contributed by atoms with E-state index in [1.165, 1.54) is 6.08 Å². The molecule has 34 heavy (non-hydrogen) atoms. The van der Waals surface area contributed by atoms with E-state index < -0.39 is 50.4 Å². The number of ketones is 1. The maximum absolute atomic E-state index is 13.7. The molecule has 0 aromatic heterocycles. The number of hydrogen-bond donors (Lipinski definition) is 4. The quantitative estimate of drug-likeness (QED) is 0.141. The number of rotatable bonds is 13. The molecular weight excluding hydrogens is 458 g/mol. The van der Waals surface area contributed by atoms with Gasteiger partial charge in [-0.2, -0.15) is 0 Å². The monoisotopic (exact) mass is 495 g/mol. The van der Waals surface area contributed by atoms with Crippen molar-refractivity contribution in [1.82, 2.24) is 10.9 Å². The highest BCUT2D eigenvalue weighted by molar-refractivity contribution is 7.91. The van der Waals surface area contributed by atoms with Crippen molar-refractivity contribution >= 4 is 33.5 Å². The zero-order valence-corrected chi connectivity index (χ0v) is 21.3. The highest BCUT2D eigenvalue weighted by atomic mass is 32.2. The molecule has 9 nitrogen and oxygen atoms in total. The lowest BCUT2D eigenvalue weighted by Crippen LogP contribution is -2.54. The molecule has 0 aliphatic carbocycles. The number of nitrogens with two attached hydrogens (primary N) is 1. The Bertz CT molecular complexity index is 976. The van der Waals surface area contributed by atoms with Crippen LogP contribution in [-0.2, 0) is 24.2 Å². The minimum atomic E-state index is -3.77. The Balaban J connectivity index is 3.97. The summed E-state index contributed by atoms with van der Waals surface area (Å²) in [5.41, 5.74) is 2.66. The van der Waals surface area contributed by atoms with Gasteiger partial charge in [-0.25, -0.2) is 19.7 Å². The summed E-state index contributed by atoms with van der Waals surface area (Å²) < 4.78 is 24.3. The van der Waals surface area contributed by atoms with Crippen molar-refractivity contribution in [3.63, 3.8) is 0 Å². The van der Waals surface area contributed by atoms with Crippen LogP contribution in [0.2, 0.25) is 0 Å². The number of hydrogen-bond acceptors (Lipinski definition) is 7. The molecule has 0 aliphatic rings. The van der Waals surface area contributed by atoms with Crippen LogP contribution in [0.3, 0.4) is 0 Å². The molecule has 1 aromatic rings. The summed E-state index contributed by atoms with van der Waals surface area (Å²) in [6.07, 6.45) is 4.31. The Labute approximate surface area is 202 Å². The fourth-order valence-electron chi connectivity index (χ4n) is 4.39. The number of allylic oxidation sites excluding steroid dienone is 1. The fourth-order valence-corrected chi connectivity index (χ4v) is 5.14. The summed E-state index contributed by atoms with van der Waals surface area (Å²) in [5.74, 6) is -0.554. The molecule has 0 bridgehead atoms. The number of carbonyl (C=O) groups excluding carboxylic acids is 3. The van der Waals surface area contributed by atoms with Gasteiger partial charge < -0.3 is 0 Å². The number of sulfone groups is 1. The van der Waals surface area contributed by atoms with E-state index in [-0.39, 0.29) is 24.7 Å². The van der Waals surface area contributed by atoms with E-state index in [0.29, 0.717) is 0 Å². The largest absolute Gasteiger partial charge is 0.298 e. The van der Waals surface area contributed by atoms with Crippen molar-refractivity contribution in [1.29, 1.82) is 0 Å². The summed E-state index contributed by atoms with van der Waals surface area (Å²) in [4.78, 5) is 39.8. The molecule has 2 amide bonds. The first-order valence-electron chi connectivity index (χ1n) is 11.2. The molecule has 0 spiro atoms. The molecule has 5 N–H and O–H groups in total. The normalized spacial score (nSPS) is 15.7. The predicted molar refractivity (Wildman–Crippen MR) is 131 cm³/mol. The van der Waals surface area contributed by atoms with Gasteiger partial charge in [0.05, 0.1) is 17.3 Å². The zero-order chi connectivity index (χ0) is 26.1. The van der Waals surface area contributed by atoms with Crippen molar-refractivity contribution in [3.8, 4) is 0 Å². The maximum Gasteiger partial charge on any atom is 0.248 e. The number of nitrogens with one attached hydrogen (secondary N) is 2. The summed E-state index contributed by atoms with van der Waals surface area (Å²) in [7, 11) is -3.77. The van der Waals surface area contributed by atoms with Gasteiger partial charge in [0.25, 0.3) is 0 Å². The lowest BCUT2D eigenvalue weighted by atomic mass is 9.61. The number of hydroxylamine groups is 1. The molecule has 0 heterocycles. The lowest BCUT2D eigenvalue weighted by molar-refractivity contribution is -0.150. The summed E-state index contributed by atoms with van der Waals surface area (Å²) in [5, 5.41) is 9.62. The molecule has 0 saturated carbocycles. The minimum absolute atomic E-state index is 0.0647. The second-order valence-electron chi connectivity index (χ2n) is 9.57.